The Hall–Kier alpha value is -3.15. The monoisotopic (exact) mass is 335 g/mol. The quantitative estimate of drug-likeness (QED) is 0.704. The minimum Gasteiger partial charge on any atom is -0.320 e. The lowest BCUT2D eigenvalue weighted by atomic mass is 10.1. The van der Waals surface area contributed by atoms with Crippen LogP contribution in [-0.2, 0) is 17.9 Å². The minimum absolute atomic E-state index is 0.195. The van der Waals surface area contributed by atoms with Gasteiger partial charge in [0.1, 0.15) is 0 Å². The Morgan fingerprint density at radius 1 is 1.12 bits per heavy atom. The average molecular weight is 335 g/mol. The summed E-state index contributed by atoms with van der Waals surface area (Å²) in [6.07, 6.45) is 10.3. The van der Waals surface area contributed by atoms with Gasteiger partial charge in [0.25, 0.3) is 0 Å². The molecule has 0 fully saturated rings. The van der Waals surface area contributed by atoms with Crippen LogP contribution in [0.4, 0.5) is 5.69 Å². The Bertz CT molecular complexity index is 873. The topological polar surface area (TPSA) is 64.7 Å². The third-order valence-corrected chi connectivity index (χ3v) is 3.77. The molecular formula is C19H21N5O. The molecule has 1 aromatic carbocycles. The van der Waals surface area contributed by atoms with Gasteiger partial charge < -0.3 is 5.32 Å². The van der Waals surface area contributed by atoms with Gasteiger partial charge in [-0.05, 0) is 25.5 Å². The fourth-order valence-corrected chi connectivity index (χ4v) is 2.39. The molecule has 2 heterocycles. The largest absolute Gasteiger partial charge is 0.320 e. The molecule has 128 valence electrons. The maximum atomic E-state index is 12.0. The number of nitrogens with one attached hydrogen (secondary N) is 1. The smallest absolute Gasteiger partial charge is 0.248 e. The van der Waals surface area contributed by atoms with Crippen LogP contribution in [0.1, 0.15) is 23.6 Å². The number of carbonyl (C=O) groups excluding carboxylic acids is 1. The maximum Gasteiger partial charge on any atom is 0.248 e. The molecule has 0 aliphatic rings. The van der Waals surface area contributed by atoms with E-state index in [2.05, 4.69) is 46.7 Å². The maximum absolute atomic E-state index is 12.0. The highest BCUT2D eigenvalue weighted by Crippen LogP contribution is 2.09. The van der Waals surface area contributed by atoms with Crippen LogP contribution >= 0.6 is 0 Å². The molecule has 0 bridgehead atoms. The molecule has 0 spiro atoms. The summed E-state index contributed by atoms with van der Waals surface area (Å²) >= 11 is 0. The number of hydrogen-bond donors (Lipinski definition) is 1. The highest BCUT2D eigenvalue weighted by Gasteiger charge is 2.03. The number of carbonyl (C=O) groups is 1. The summed E-state index contributed by atoms with van der Waals surface area (Å²) < 4.78 is 3.61. The number of aryl methyl sites for hydroxylation is 2. The van der Waals surface area contributed by atoms with Crippen LogP contribution < -0.4 is 5.32 Å². The Labute approximate surface area is 146 Å². The predicted octanol–water partition coefficient (Wildman–Crippen LogP) is 3.11. The van der Waals surface area contributed by atoms with Gasteiger partial charge in [0, 0.05) is 30.6 Å². The summed E-state index contributed by atoms with van der Waals surface area (Å²) in [5.74, 6) is -0.195. The third kappa shape index (κ3) is 4.67. The summed E-state index contributed by atoms with van der Waals surface area (Å²) in [5.41, 5.74) is 3.96. The first-order chi connectivity index (χ1) is 12.1. The van der Waals surface area contributed by atoms with E-state index in [1.165, 1.54) is 17.2 Å². The van der Waals surface area contributed by atoms with E-state index in [0.29, 0.717) is 12.2 Å². The van der Waals surface area contributed by atoms with Crippen LogP contribution in [0.2, 0.25) is 0 Å². The van der Waals surface area contributed by atoms with E-state index in [4.69, 9.17) is 0 Å². The van der Waals surface area contributed by atoms with Crippen molar-refractivity contribution in [2.24, 2.45) is 0 Å². The molecule has 3 rings (SSSR count). The third-order valence-electron chi connectivity index (χ3n) is 3.77. The van der Waals surface area contributed by atoms with E-state index in [1.54, 1.807) is 23.2 Å². The van der Waals surface area contributed by atoms with Gasteiger partial charge in [-0.25, -0.2) is 0 Å². The standard InChI is InChI=1S/C19H21N5O/c1-3-23-13-17(10-20-23)8-9-19(25)22-18-11-21-24(14-18)12-16-6-4-15(2)5-7-16/h4-11,13-14H,3,12H2,1-2H3,(H,22,25)/b9-8+. The number of rotatable bonds is 6. The summed E-state index contributed by atoms with van der Waals surface area (Å²) in [5, 5.41) is 11.3. The van der Waals surface area contributed by atoms with Gasteiger partial charge in [-0.15, -0.1) is 0 Å². The molecule has 0 saturated carbocycles. The second-order valence-corrected chi connectivity index (χ2v) is 5.86. The van der Waals surface area contributed by atoms with Crippen LogP contribution in [0.25, 0.3) is 6.08 Å². The molecule has 3 aromatic rings. The van der Waals surface area contributed by atoms with E-state index in [9.17, 15) is 4.79 Å². The lowest BCUT2D eigenvalue weighted by Gasteiger charge is -2.02. The fourth-order valence-electron chi connectivity index (χ4n) is 2.39. The summed E-state index contributed by atoms with van der Waals surface area (Å²) in [6.45, 7) is 5.55. The summed E-state index contributed by atoms with van der Waals surface area (Å²) in [4.78, 5) is 12.0. The molecule has 25 heavy (non-hydrogen) atoms. The number of benzene rings is 1. The molecular weight excluding hydrogens is 314 g/mol. The molecule has 1 amide bonds. The van der Waals surface area contributed by atoms with Crippen molar-refractivity contribution < 1.29 is 4.79 Å². The van der Waals surface area contributed by atoms with Crippen LogP contribution in [0.15, 0.2) is 55.1 Å². The van der Waals surface area contributed by atoms with Gasteiger partial charge in [0.15, 0.2) is 0 Å². The highest BCUT2D eigenvalue weighted by atomic mass is 16.1. The molecule has 0 aliphatic carbocycles. The number of hydrogen-bond acceptors (Lipinski definition) is 3. The van der Waals surface area contributed by atoms with E-state index in [-0.39, 0.29) is 5.91 Å². The molecule has 0 saturated heterocycles. The first-order valence-electron chi connectivity index (χ1n) is 8.22. The number of nitrogens with zero attached hydrogens (tertiary/aromatic N) is 4. The predicted molar refractivity (Wildman–Crippen MR) is 98.1 cm³/mol. The Kier molecular flexibility index (Phi) is 5.09. The zero-order chi connectivity index (χ0) is 17.6. The van der Waals surface area contributed by atoms with Crippen molar-refractivity contribution in [1.82, 2.24) is 19.6 Å². The highest BCUT2D eigenvalue weighted by molar-refractivity contribution is 6.01. The number of amides is 1. The summed E-state index contributed by atoms with van der Waals surface area (Å²) in [6, 6.07) is 8.31. The van der Waals surface area contributed by atoms with Crippen LogP contribution in [0.3, 0.4) is 0 Å². The van der Waals surface area contributed by atoms with Gasteiger partial charge in [-0.1, -0.05) is 29.8 Å². The SMILES string of the molecule is CCn1cc(/C=C/C(=O)Nc2cnn(Cc3ccc(C)cc3)c2)cn1. The number of anilines is 1. The Morgan fingerprint density at radius 3 is 2.60 bits per heavy atom. The molecule has 0 radical (unpaired) electrons. The Balaban J connectivity index is 1.56. The van der Waals surface area contributed by atoms with Crippen molar-refractivity contribution in [3.05, 3.63) is 71.8 Å². The first-order valence-corrected chi connectivity index (χ1v) is 8.22. The van der Waals surface area contributed by atoms with Crippen molar-refractivity contribution in [2.45, 2.75) is 26.9 Å². The van der Waals surface area contributed by atoms with E-state index < -0.39 is 0 Å². The molecule has 6 heteroatoms. The van der Waals surface area contributed by atoms with Gasteiger partial charge in [-0.2, -0.15) is 10.2 Å². The molecule has 0 unspecified atom stereocenters. The van der Waals surface area contributed by atoms with Crippen LogP contribution in [0.5, 0.6) is 0 Å². The normalized spacial score (nSPS) is 11.1. The lowest BCUT2D eigenvalue weighted by molar-refractivity contribution is -0.111. The molecule has 0 aliphatic heterocycles. The van der Waals surface area contributed by atoms with Gasteiger partial charge in [0.05, 0.1) is 24.6 Å². The van der Waals surface area contributed by atoms with Crippen LogP contribution in [0, 0.1) is 6.92 Å². The molecule has 1 N–H and O–H groups in total. The lowest BCUT2D eigenvalue weighted by Crippen LogP contribution is -2.07. The van der Waals surface area contributed by atoms with Crippen molar-refractivity contribution >= 4 is 17.7 Å². The Morgan fingerprint density at radius 2 is 1.88 bits per heavy atom. The molecule has 0 atom stereocenters. The second kappa shape index (κ2) is 7.61. The zero-order valence-corrected chi connectivity index (χ0v) is 14.4. The van der Waals surface area contributed by atoms with Crippen molar-refractivity contribution in [3.8, 4) is 0 Å². The molecule has 6 nitrogen and oxygen atoms in total. The van der Waals surface area contributed by atoms with E-state index >= 15 is 0 Å². The minimum atomic E-state index is -0.195. The van der Waals surface area contributed by atoms with Crippen molar-refractivity contribution in [2.75, 3.05) is 5.32 Å². The van der Waals surface area contributed by atoms with Crippen molar-refractivity contribution in [3.63, 3.8) is 0 Å². The van der Waals surface area contributed by atoms with Crippen molar-refractivity contribution in [1.29, 1.82) is 0 Å². The molecule has 2 aromatic heterocycles. The zero-order valence-electron chi connectivity index (χ0n) is 14.4. The summed E-state index contributed by atoms with van der Waals surface area (Å²) in [7, 11) is 0. The fraction of sp³-hybridized carbons (Fsp3) is 0.211. The van der Waals surface area contributed by atoms with Crippen LogP contribution in [-0.4, -0.2) is 25.5 Å². The van der Waals surface area contributed by atoms with Gasteiger partial charge >= 0.3 is 0 Å². The van der Waals surface area contributed by atoms with Gasteiger partial charge in [0.2, 0.25) is 5.91 Å². The van der Waals surface area contributed by atoms with Gasteiger partial charge in [-0.3, -0.25) is 14.2 Å². The number of aromatic nitrogens is 4. The average Bonchev–Trinajstić information content (AvgIpc) is 3.24. The second-order valence-electron chi connectivity index (χ2n) is 5.86. The van der Waals surface area contributed by atoms with E-state index in [0.717, 1.165) is 12.1 Å². The van der Waals surface area contributed by atoms with E-state index in [1.807, 2.05) is 24.0 Å². The first kappa shape index (κ1) is 16.7.